The highest BCUT2D eigenvalue weighted by molar-refractivity contribution is 5.98. The lowest BCUT2D eigenvalue weighted by atomic mass is 9.89. The number of carbonyl (C=O) groups is 1. The first-order valence-corrected chi connectivity index (χ1v) is 6.23. The van der Waals surface area contributed by atoms with E-state index in [1.54, 1.807) is 26.4 Å². The van der Waals surface area contributed by atoms with E-state index in [-0.39, 0.29) is 24.1 Å². The minimum Gasteiger partial charge on any atom is -0.493 e. The van der Waals surface area contributed by atoms with Crippen LogP contribution in [0.3, 0.4) is 0 Å². The first-order chi connectivity index (χ1) is 8.76. The SMILES string of the molecule is COc1ccc(C(=O)C2CCNCC2)cc1OC.Cl. The predicted octanol–water partition coefficient (Wildman–Crippen LogP) is 2.31. The first-order valence-electron chi connectivity index (χ1n) is 6.23. The lowest BCUT2D eigenvalue weighted by Gasteiger charge is -2.21. The molecule has 1 aromatic rings. The molecule has 1 saturated heterocycles. The smallest absolute Gasteiger partial charge is 0.166 e. The molecule has 0 aromatic heterocycles. The van der Waals surface area contributed by atoms with Crippen molar-refractivity contribution >= 4 is 18.2 Å². The summed E-state index contributed by atoms with van der Waals surface area (Å²) in [7, 11) is 3.17. The predicted molar refractivity (Wildman–Crippen MR) is 76.7 cm³/mol. The van der Waals surface area contributed by atoms with Crippen LogP contribution in [0.2, 0.25) is 0 Å². The number of halogens is 1. The van der Waals surface area contributed by atoms with Crippen LogP contribution in [-0.2, 0) is 0 Å². The average molecular weight is 286 g/mol. The standard InChI is InChI=1S/C14H19NO3.ClH/c1-17-12-4-3-11(9-13(12)18-2)14(16)10-5-7-15-8-6-10;/h3-4,9-10,15H,5-8H2,1-2H3;1H. The molecule has 1 aliphatic heterocycles. The summed E-state index contributed by atoms with van der Waals surface area (Å²) in [6.45, 7) is 1.84. The van der Waals surface area contributed by atoms with Crippen molar-refractivity contribution in [3.8, 4) is 11.5 Å². The summed E-state index contributed by atoms with van der Waals surface area (Å²) < 4.78 is 10.4. The normalized spacial score (nSPS) is 15.5. The molecule has 0 atom stereocenters. The van der Waals surface area contributed by atoms with Gasteiger partial charge in [0, 0.05) is 11.5 Å². The van der Waals surface area contributed by atoms with Gasteiger partial charge in [-0.1, -0.05) is 0 Å². The summed E-state index contributed by atoms with van der Waals surface area (Å²) >= 11 is 0. The summed E-state index contributed by atoms with van der Waals surface area (Å²) in [6, 6.07) is 5.36. The molecule has 4 nitrogen and oxygen atoms in total. The van der Waals surface area contributed by atoms with Crippen molar-refractivity contribution in [2.45, 2.75) is 12.8 Å². The van der Waals surface area contributed by atoms with Gasteiger partial charge in [0.25, 0.3) is 0 Å². The number of rotatable bonds is 4. The Bertz CT molecular complexity index is 431. The van der Waals surface area contributed by atoms with Crippen LogP contribution in [0.4, 0.5) is 0 Å². The number of ether oxygens (including phenoxy) is 2. The number of methoxy groups -OCH3 is 2. The lowest BCUT2D eigenvalue weighted by molar-refractivity contribution is 0.0894. The van der Waals surface area contributed by atoms with Gasteiger partial charge in [-0.05, 0) is 44.1 Å². The second-order valence-electron chi connectivity index (χ2n) is 4.46. The maximum absolute atomic E-state index is 12.3. The molecule has 0 amide bonds. The molecule has 0 saturated carbocycles. The Kier molecular flexibility index (Phi) is 6.12. The quantitative estimate of drug-likeness (QED) is 0.863. The molecule has 2 rings (SSSR count). The van der Waals surface area contributed by atoms with Gasteiger partial charge in [0.2, 0.25) is 0 Å². The summed E-state index contributed by atoms with van der Waals surface area (Å²) in [5, 5.41) is 3.26. The molecule has 0 aliphatic carbocycles. The Morgan fingerprint density at radius 2 is 1.79 bits per heavy atom. The summed E-state index contributed by atoms with van der Waals surface area (Å²) in [5.74, 6) is 1.60. The summed E-state index contributed by atoms with van der Waals surface area (Å²) in [6.07, 6.45) is 1.82. The third-order valence-corrected chi connectivity index (χ3v) is 3.38. The van der Waals surface area contributed by atoms with E-state index in [0.717, 1.165) is 25.9 Å². The van der Waals surface area contributed by atoms with E-state index in [2.05, 4.69) is 5.32 Å². The molecule has 0 radical (unpaired) electrons. The van der Waals surface area contributed by atoms with Crippen LogP contribution in [0.25, 0.3) is 0 Å². The van der Waals surface area contributed by atoms with E-state index in [1.807, 2.05) is 6.07 Å². The highest BCUT2D eigenvalue weighted by atomic mass is 35.5. The largest absolute Gasteiger partial charge is 0.493 e. The number of nitrogens with one attached hydrogen (secondary N) is 1. The van der Waals surface area contributed by atoms with Crippen molar-refractivity contribution in [3.63, 3.8) is 0 Å². The van der Waals surface area contributed by atoms with E-state index in [4.69, 9.17) is 9.47 Å². The highest BCUT2D eigenvalue weighted by Crippen LogP contribution is 2.29. The Balaban J connectivity index is 0.00000180. The van der Waals surface area contributed by atoms with Crippen LogP contribution in [0.15, 0.2) is 18.2 Å². The van der Waals surface area contributed by atoms with Gasteiger partial charge in [-0.2, -0.15) is 0 Å². The molecule has 0 bridgehead atoms. The minimum absolute atomic E-state index is 0. The van der Waals surface area contributed by atoms with Crippen molar-refractivity contribution in [2.24, 2.45) is 5.92 Å². The van der Waals surface area contributed by atoms with E-state index in [1.165, 1.54) is 0 Å². The van der Waals surface area contributed by atoms with Crippen LogP contribution < -0.4 is 14.8 Å². The first kappa shape index (κ1) is 15.8. The van der Waals surface area contributed by atoms with Crippen molar-refractivity contribution in [2.75, 3.05) is 27.3 Å². The number of carbonyl (C=O) groups excluding carboxylic acids is 1. The van der Waals surface area contributed by atoms with E-state index < -0.39 is 0 Å². The van der Waals surface area contributed by atoms with Crippen molar-refractivity contribution in [1.82, 2.24) is 5.32 Å². The molecule has 1 N–H and O–H groups in total. The molecule has 0 unspecified atom stereocenters. The molecule has 0 spiro atoms. The van der Waals surface area contributed by atoms with Gasteiger partial charge < -0.3 is 14.8 Å². The van der Waals surface area contributed by atoms with Gasteiger partial charge in [-0.25, -0.2) is 0 Å². The van der Waals surface area contributed by atoms with Crippen LogP contribution in [-0.4, -0.2) is 33.1 Å². The topological polar surface area (TPSA) is 47.6 Å². The molecule has 19 heavy (non-hydrogen) atoms. The molecule has 1 aromatic carbocycles. The molecular weight excluding hydrogens is 266 g/mol. The fraction of sp³-hybridized carbons (Fsp3) is 0.500. The van der Waals surface area contributed by atoms with Gasteiger partial charge in [-0.3, -0.25) is 4.79 Å². The van der Waals surface area contributed by atoms with Gasteiger partial charge >= 0.3 is 0 Å². The third kappa shape index (κ3) is 3.61. The highest BCUT2D eigenvalue weighted by Gasteiger charge is 2.23. The van der Waals surface area contributed by atoms with E-state index >= 15 is 0 Å². The molecule has 5 heteroatoms. The summed E-state index contributed by atoms with van der Waals surface area (Å²) in [5.41, 5.74) is 0.708. The van der Waals surface area contributed by atoms with Gasteiger partial charge in [0.15, 0.2) is 17.3 Å². The number of ketones is 1. The number of piperidine rings is 1. The van der Waals surface area contributed by atoms with Crippen LogP contribution >= 0.6 is 12.4 Å². The molecule has 1 fully saturated rings. The number of hydrogen-bond donors (Lipinski definition) is 1. The van der Waals surface area contributed by atoms with Crippen LogP contribution in [0.5, 0.6) is 11.5 Å². The monoisotopic (exact) mass is 285 g/mol. The maximum Gasteiger partial charge on any atom is 0.166 e. The van der Waals surface area contributed by atoms with Gasteiger partial charge in [0.1, 0.15) is 0 Å². The fourth-order valence-corrected chi connectivity index (χ4v) is 2.31. The zero-order chi connectivity index (χ0) is 13.0. The van der Waals surface area contributed by atoms with E-state index in [0.29, 0.717) is 17.1 Å². The van der Waals surface area contributed by atoms with E-state index in [9.17, 15) is 4.79 Å². The van der Waals surface area contributed by atoms with Crippen molar-refractivity contribution < 1.29 is 14.3 Å². The molecule has 106 valence electrons. The Morgan fingerprint density at radius 3 is 2.37 bits per heavy atom. The number of hydrogen-bond acceptors (Lipinski definition) is 4. The van der Waals surface area contributed by atoms with Crippen molar-refractivity contribution in [1.29, 1.82) is 0 Å². The maximum atomic E-state index is 12.3. The lowest BCUT2D eigenvalue weighted by Crippen LogP contribution is -2.31. The Hall–Kier alpha value is -1.26. The zero-order valence-corrected chi connectivity index (χ0v) is 12.1. The van der Waals surface area contributed by atoms with Crippen LogP contribution in [0.1, 0.15) is 23.2 Å². The number of benzene rings is 1. The van der Waals surface area contributed by atoms with Gasteiger partial charge in [0.05, 0.1) is 14.2 Å². The fourth-order valence-electron chi connectivity index (χ4n) is 2.31. The van der Waals surface area contributed by atoms with Crippen molar-refractivity contribution in [3.05, 3.63) is 23.8 Å². The molecular formula is C14H20ClNO3. The number of Topliss-reactive ketones (excluding diaryl/α,β-unsaturated/α-hetero) is 1. The third-order valence-electron chi connectivity index (χ3n) is 3.38. The second kappa shape index (κ2) is 7.36. The Morgan fingerprint density at radius 1 is 1.16 bits per heavy atom. The minimum atomic E-state index is 0. The van der Waals surface area contributed by atoms with Gasteiger partial charge in [-0.15, -0.1) is 12.4 Å². The average Bonchev–Trinajstić information content (AvgIpc) is 2.46. The molecule has 1 heterocycles. The van der Waals surface area contributed by atoms with Crippen LogP contribution in [0, 0.1) is 5.92 Å². The second-order valence-corrected chi connectivity index (χ2v) is 4.46. The molecule has 1 aliphatic rings. The zero-order valence-electron chi connectivity index (χ0n) is 11.3. The Labute approximate surface area is 119 Å². The summed E-state index contributed by atoms with van der Waals surface area (Å²) in [4.78, 5) is 12.3.